The number of phenolic OH excluding ortho intramolecular Hbond substituents is 1. The van der Waals surface area contributed by atoms with Crippen LogP contribution in [-0.2, 0) is 4.79 Å². The molecule has 3 aromatic carbocycles. The number of aromatic hydroxyl groups is 1. The molecule has 0 radical (unpaired) electrons. The third-order valence-electron chi connectivity index (χ3n) is 4.89. The zero-order chi connectivity index (χ0) is 23.5. The van der Waals surface area contributed by atoms with Crippen LogP contribution in [0.25, 0.3) is 17.1 Å². The molecule has 0 aliphatic rings. The second-order valence-corrected chi connectivity index (χ2v) is 9.29. The third-order valence-corrected chi connectivity index (χ3v) is 6.31. The standard InChI is InChI=1S/C24H20BrFN4O2S/c1-14-3-9-20(15(2)11-14)30-23(19-12-16(25)4-10-21(19)31)28-29-24(30)33-13-22(32)27-18-7-5-17(26)6-8-18/h3-12,31H,13H2,1-2H3,(H,27,32). The van der Waals surface area contributed by atoms with E-state index in [0.717, 1.165) is 21.3 Å². The molecule has 33 heavy (non-hydrogen) atoms. The van der Waals surface area contributed by atoms with Gasteiger partial charge in [0.25, 0.3) is 0 Å². The number of rotatable bonds is 6. The van der Waals surface area contributed by atoms with Crippen molar-refractivity contribution in [3.8, 4) is 22.8 Å². The van der Waals surface area contributed by atoms with E-state index in [1.807, 2.05) is 30.5 Å². The first-order valence-electron chi connectivity index (χ1n) is 10.0. The van der Waals surface area contributed by atoms with Crippen LogP contribution >= 0.6 is 27.7 Å². The number of hydrogen-bond acceptors (Lipinski definition) is 5. The SMILES string of the molecule is Cc1ccc(-n2c(SCC(=O)Nc3ccc(F)cc3)nnc2-c2cc(Br)ccc2O)c(C)c1. The summed E-state index contributed by atoms with van der Waals surface area (Å²) in [5, 5.41) is 22.4. The second-order valence-electron chi connectivity index (χ2n) is 7.44. The van der Waals surface area contributed by atoms with E-state index in [0.29, 0.717) is 22.2 Å². The van der Waals surface area contributed by atoms with Gasteiger partial charge in [-0.05, 0) is 67.9 Å². The molecule has 0 atom stereocenters. The zero-order valence-corrected chi connectivity index (χ0v) is 20.2. The fourth-order valence-corrected chi connectivity index (χ4v) is 4.46. The van der Waals surface area contributed by atoms with Gasteiger partial charge in [0.05, 0.1) is 17.0 Å². The van der Waals surface area contributed by atoms with Crippen LogP contribution in [0.4, 0.5) is 10.1 Å². The van der Waals surface area contributed by atoms with Crippen molar-refractivity contribution in [2.75, 3.05) is 11.1 Å². The van der Waals surface area contributed by atoms with Gasteiger partial charge in [0.1, 0.15) is 11.6 Å². The Labute approximate surface area is 203 Å². The van der Waals surface area contributed by atoms with E-state index >= 15 is 0 Å². The smallest absolute Gasteiger partial charge is 0.234 e. The lowest BCUT2D eigenvalue weighted by Gasteiger charge is -2.14. The molecule has 0 bridgehead atoms. The summed E-state index contributed by atoms with van der Waals surface area (Å²) in [5.41, 5.74) is 3.99. The summed E-state index contributed by atoms with van der Waals surface area (Å²) in [6.07, 6.45) is 0. The van der Waals surface area contributed by atoms with Crippen LogP contribution in [0.2, 0.25) is 0 Å². The lowest BCUT2D eigenvalue weighted by Crippen LogP contribution is -2.14. The number of aromatic nitrogens is 3. The highest BCUT2D eigenvalue weighted by Gasteiger charge is 2.21. The van der Waals surface area contributed by atoms with Crippen molar-refractivity contribution in [3.63, 3.8) is 0 Å². The molecule has 2 N–H and O–H groups in total. The number of thioether (sulfide) groups is 1. The molecule has 1 aromatic heterocycles. The molecular weight excluding hydrogens is 507 g/mol. The maximum atomic E-state index is 13.1. The summed E-state index contributed by atoms with van der Waals surface area (Å²) in [6, 6.07) is 16.7. The van der Waals surface area contributed by atoms with Gasteiger partial charge < -0.3 is 10.4 Å². The highest BCUT2D eigenvalue weighted by Crippen LogP contribution is 2.35. The van der Waals surface area contributed by atoms with Crippen molar-refractivity contribution < 1.29 is 14.3 Å². The van der Waals surface area contributed by atoms with Gasteiger partial charge in [0, 0.05) is 10.2 Å². The van der Waals surface area contributed by atoms with Crippen LogP contribution in [0.1, 0.15) is 11.1 Å². The number of benzene rings is 3. The summed E-state index contributed by atoms with van der Waals surface area (Å²) in [7, 11) is 0. The maximum Gasteiger partial charge on any atom is 0.234 e. The van der Waals surface area contributed by atoms with E-state index in [-0.39, 0.29) is 23.2 Å². The average Bonchev–Trinajstić information content (AvgIpc) is 3.19. The minimum absolute atomic E-state index is 0.0715. The first kappa shape index (κ1) is 23.0. The van der Waals surface area contributed by atoms with E-state index in [1.165, 1.54) is 36.0 Å². The Kier molecular flexibility index (Phi) is 6.80. The minimum atomic E-state index is -0.368. The Morgan fingerprint density at radius 1 is 1.09 bits per heavy atom. The van der Waals surface area contributed by atoms with Gasteiger partial charge in [-0.15, -0.1) is 10.2 Å². The fourth-order valence-electron chi connectivity index (χ4n) is 3.36. The van der Waals surface area contributed by atoms with Crippen molar-refractivity contribution in [1.82, 2.24) is 14.8 Å². The molecule has 0 unspecified atom stereocenters. The van der Waals surface area contributed by atoms with E-state index in [4.69, 9.17) is 0 Å². The topological polar surface area (TPSA) is 80.0 Å². The zero-order valence-electron chi connectivity index (χ0n) is 17.8. The number of halogens is 2. The molecule has 0 saturated carbocycles. The number of hydrogen-bond donors (Lipinski definition) is 2. The highest BCUT2D eigenvalue weighted by atomic mass is 79.9. The van der Waals surface area contributed by atoms with Crippen LogP contribution in [-0.4, -0.2) is 31.5 Å². The molecule has 1 amide bonds. The van der Waals surface area contributed by atoms with Gasteiger partial charge >= 0.3 is 0 Å². The van der Waals surface area contributed by atoms with Crippen molar-refractivity contribution in [1.29, 1.82) is 0 Å². The van der Waals surface area contributed by atoms with Crippen LogP contribution in [0, 0.1) is 19.7 Å². The van der Waals surface area contributed by atoms with E-state index < -0.39 is 0 Å². The van der Waals surface area contributed by atoms with Crippen LogP contribution in [0.3, 0.4) is 0 Å². The van der Waals surface area contributed by atoms with Crippen molar-refractivity contribution >= 4 is 39.3 Å². The molecule has 0 aliphatic carbocycles. The summed E-state index contributed by atoms with van der Waals surface area (Å²) < 4.78 is 15.7. The Bertz CT molecular complexity index is 1320. The van der Waals surface area contributed by atoms with Gasteiger partial charge in [-0.25, -0.2) is 4.39 Å². The number of aryl methyl sites for hydroxylation is 2. The summed E-state index contributed by atoms with van der Waals surface area (Å²) >= 11 is 4.66. The molecule has 0 aliphatic heterocycles. The van der Waals surface area contributed by atoms with E-state index in [1.54, 1.807) is 18.2 Å². The third kappa shape index (κ3) is 5.26. The first-order chi connectivity index (χ1) is 15.8. The molecule has 6 nitrogen and oxygen atoms in total. The van der Waals surface area contributed by atoms with Crippen LogP contribution in [0.5, 0.6) is 5.75 Å². The Morgan fingerprint density at radius 3 is 2.58 bits per heavy atom. The lowest BCUT2D eigenvalue weighted by molar-refractivity contribution is -0.113. The van der Waals surface area contributed by atoms with Gasteiger partial charge in [0.2, 0.25) is 5.91 Å². The van der Waals surface area contributed by atoms with Crippen LogP contribution < -0.4 is 5.32 Å². The molecule has 0 spiro atoms. The minimum Gasteiger partial charge on any atom is -0.507 e. The predicted molar refractivity (Wildman–Crippen MR) is 131 cm³/mol. The summed E-state index contributed by atoms with van der Waals surface area (Å²) in [6.45, 7) is 4.00. The Balaban J connectivity index is 1.68. The number of phenols is 1. The maximum absolute atomic E-state index is 13.1. The second kappa shape index (κ2) is 9.76. The normalized spacial score (nSPS) is 10.9. The van der Waals surface area contributed by atoms with Gasteiger partial charge in [-0.3, -0.25) is 9.36 Å². The monoisotopic (exact) mass is 526 g/mol. The van der Waals surface area contributed by atoms with E-state index in [2.05, 4.69) is 37.5 Å². The molecule has 0 fully saturated rings. The number of carbonyl (C=O) groups is 1. The predicted octanol–water partition coefficient (Wildman–Crippen LogP) is 5.89. The fraction of sp³-hybridized carbons (Fsp3) is 0.125. The van der Waals surface area contributed by atoms with Gasteiger partial charge in [-0.1, -0.05) is 45.4 Å². The Morgan fingerprint density at radius 2 is 1.85 bits per heavy atom. The molecular formula is C24H20BrFN4O2S. The number of anilines is 1. The largest absolute Gasteiger partial charge is 0.507 e. The van der Waals surface area contributed by atoms with Gasteiger partial charge in [0.15, 0.2) is 11.0 Å². The molecule has 9 heteroatoms. The number of amides is 1. The van der Waals surface area contributed by atoms with Crippen LogP contribution in [0.15, 0.2) is 70.3 Å². The highest BCUT2D eigenvalue weighted by molar-refractivity contribution is 9.10. The molecule has 1 heterocycles. The summed E-state index contributed by atoms with van der Waals surface area (Å²) in [5.74, 6) is -0.0180. The molecule has 0 saturated heterocycles. The van der Waals surface area contributed by atoms with Crippen molar-refractivity contribution in [2.45, 2.75) is 19.0 Å². The number of carbonyl (C=O) groups excluding carboxylic acids is 1. The van der Waals surface area contributed by atoms with Crippen molar-refractivity contribution in [2.24, 2.45) is 0 Å². The van der Waals surface area contributed by atoms with E-state index in [9.17, 15) is 14.3 Å². The average molecular weight is 527 g/mol. The Hall–Kier alpha value is -3.17. The van der Waals surface area contributed by atoms with Crippen molar-refractivity contribution in [3.05, 3.63) is 82.1 Å². The molecule has 4 rings (SSSR count). The molecule has 168 valence electrons. The summed E-state index contributed by atoms with van der Waals surface area (Å²) in [4.78, 5) is 12.5. The number of nitrogens with zero attached hydrogens (tertiary/aromatic N) is 3. The lowest BCUT2D eigenvalue weighted by atomic mass is 10.1. The number of nitrogens with one attached hydrogen (secondary N) is 1. The first-order valence-corrected chi connectivity index (χ1v) is 11.8. The molecule has 4 aromatic rings. The quantitative estimate of drug-likeness (QED) is 0.306. The van der Waals surface area contributed by atoms with Gasteiger partial charge in [-0.2, -0.15) is 0 Å².